The van der Waals surface area contributed by atoms with Crippen LogP contribution in [0.3, 0.4) is 0 Å². The molecule has 3 unspecified atom stereocenters. The van der Waals surface area contributed by atoms with E-state index in [0.29, 0.717) is 12.0 Å². The summed E-state index contributed by atoms with van der Waals surface area (Å²) in [5.74, 6) is 2.28. The van der Waals surface area contributed by atoms with E-state index in [-0.39, 0.29) is 5.91 Å². The van der Waals surface area contributed by atoms with Crippen LogP contribution < -0.4 is 4.90 Å². The maximum absolute atomic E-state index is 12.9. The van der Waals surface area contributed by atoms with E-state index in [0.717, 1.165) is 23.7 Å². The topological polar surface area (TPSA) is 49.0 Å². The standard InChI is InChI=1S/C20H23N3O/c1-14-2-4-15(5-3-14)7-9-20(24)23(19-10-11-21-22-19)18-13-16-6-8-17(18)12-16/h2-5,7,9-11,16-18H,6,8,12-13H2,1H3,(H,21,22). The maximum atomic E-state index is 12.9. The monoisotopic (exact) mass is 321 g/mol. The Morgan fingerprint density at radius 2 is 2.04 bits per heavy atom. The van der Waals surface area contributed by atoms with Crippen LogP contribution in [0.4, 0.5) is 5.82 Å². The molecule has 2 aliphatic carbocycles. The van der Waals surface area contributed by atoms with Gasteiger partial charge in [-0.05, 0) is 49.7 Å². The molecule has 0 radical (unpaired) electrons. The number of fused-ring (bicyclic) bond motifs is 2. The third-order valence-electron chi connectivity index (χ3n) is 5.51. The Hall–Kier alpha value is -2.36. The van der Waals surface area contributed by atoms with Crippen LogP contribution in [0.5, 0.6) is 0 Å². The van der Waals surface area contributed by atoms with Gasteiger partial charge in [0.2, 0.25) is 0 Å². The summed E-state index contributed by atoms with van der Waals surface area (Å²) >= 11 is 0. The number of rotatable bonds is 4. The van der Waals surface area contributed by atoms with Crippen molar-refractivity contribution in [2.24, 2.45) is 11.8 Å². The van der Waals surface area contributed by atoms with E-state index in [1.807, 2.05) is 29.2 Å². The molecule has 3 atom stereocenters. The number of nitrogens with one attached hydrogen (secondary N) is 1. The van der Waals surface area contributed by atoms with Crippen molar-refractivity contribution >= 4 is 17.8 Å². The summed E-state index contributed by atoms with van der Waals surface area (Å²) in [5.41, 5.74) is 2.27. The molecule has 2 aliphatic rings. The molecule has 2 fully saturated rings. The Morgan fingerprint density at radius 1 is 1.21 bits per heavy atom. The van der Waals surface area contributed by atoms with Crippen LogP contribution in [0.1, 0.15) is 36.8 Å². The molecule has 1 amide bonds. The second-order valence-electron chi connectivity index (χ2n) is 7.14. The molecule has 2 aromatic rings. The lowest BCUT2D eigenvalue weighted by Crippen LogP contribution is -2.43. The Labute approximate surface area is 142 Å². The summed E-state index contributed by atoms with van der Waals surface area (Å²) < 4.78 is 0. The Kier molecular flexibility index (Phi) is 3.97. The van der Waals surface area contributed by atoms with Crippen LogP contribution in [-0.2, 0) is 4.79 Å². The molecule has 1 N–H and O–H groups in total. The number of nitrogens with zero attached hydrogens (tertiary/aromatic N) is 2. The van der Waals surface area contributed by atoms with Crippen molar-refractivity contribution in [1.29, 1.82) is 0 Å². The molecule has 0 saturated heterocycles. The molecule has 0 aliphatic heterocycles. The average molecular weight is 321 g/mol. The SMILES string of the molecule is Cc1ccc(C=CC(=O)N(c2ccn[nH]2)C2CC3CCC2C3)cc1. The van der Waals surface area contributed by atoms with E-state index >= 15 is 0 Å². The van der Waals surface area contributed by atoms with Gasteiger partial charge in [0.1, 0.15) is 5.82 Å². The first-order valence-electron chi connectivity index (χ1n) is 8.78. The van der Waals surface area contributed by atoms with Crippen LogP contribution in [0.25, 0.3) is 6.08 Å². The normalized spacial score (nSPS) is 25.5. The molecular formula is C20H23N3O. The van der Waals surface area contributed by atoms with Gasteiger partial charge >= 0.3 is 0 Å². The number of aromatic nitrogens is 2. The predicted octanol–water partition coefficient (Wildman–Crippen LogP) is 3.95. The number of anilines is 1. The van der Waals surface area contributed by atoms with Crippen molar-refractivity contribution in [3.8, 4) is 0 Å². The fourth-order valence-corrected chi connectivity index (χ4v) is 4.30. The molecule has 0 spiro atoms. The minimum absolute atomic E-state index is 0.0392. The number of aryl methyl sites for hydroxylation is 1. The molecule has 4 heteroatoms. The first-order chi connectivity index (χ1) is 11.7. The number of amides is 1. The molecule has 1 aromatic carbocycles. The van der Waals surface area contributed by atoms with E-state index < -0.39 is 0 Å². The lowest BCUT2D eigenvalue weighted by molar-refractivity contribution is -0.114. The Morgan fingerprint density at radius 3 is 2.67 bits per heavy atom. The van der Waals surface area contributed by atoms with Gasteiger partial charge in [-0.2, -0.15) is 5.10 Å². The van der Waals surface area contributed by atoms with Gasteiger partial charge in [0.05, 0.1) is 6.20 Å². The van der Waals surface area contributed by atoms with Crippen molar-refractivity contribution in [3.63, 3.8) is 0 Å². The van der Waals surface area contributed by atoms with Gasteiger partial charge in [-0.15, -0.1) is 0 Å². The van der Waals surface area contributed by atoms with Gasteiger partial charge in [0.25, 0.3) is 5.91 Å². The van der Waals surface area contributed by atoms with E-state index in [1.54, 1.807) is 12.3 Å². The number of H-pyrrole nitrogens is 1. The van der Waals surface area contributed by atoms with Crippen molar-refractivity contribution in [3.05, 3.63) is 53.7 Å². The quantitative estimate of drug-likeness (QED) is 0.867. The van der Waals surface area contributed by atoms with Crippen molar-refractivity contribution in [2.45, 2.75) is 38.6 Å². The zero-order valence-electron chi connectivity index (χ0n) is 14.0. The fraction of sp³-hybridized carbons (Fsp3) is 0.400. The number of hydrogen-bond acceptors (Lipinski definition) is 2. The van der Waals surface area contributed by atoms with Crippen LogP contribution in [0.15, 0.2) is 42.6 Å². The van der Waals surface area contributed by atoms with Crippen LogP contribution in [0.2, 0.25) is 0 Å². The van der Waals surface area contributed by atoms with Crippen LogP contribution >= 0.6 is 0 Å². The summed E-state index contributed by atoms with van der Waals surface area (Å²) in [6, 6.07) is 10.4. The van der Waals surface area contributed by atoms with Crippen molar-refractivity contribution < 1.29 is 4.79 Å². The minimum Gasteiger partial charge on any atom is -0.290 e. The van der Waals surface area contributed by atoms with Gasteiger partial charge in [0.15, 0.2) is 0 Å². The van der Waals surface area contributed by atoms with Crippen molar-refractivity contribution in [2.75, 3.05) is 4.90 Å². The zero-order valence-corrected chi connectivity index (χ0v) is 14.0. The molecule has 4 rings (SSSR count). The maximum Gasteiger partial charge on any atom is 0.252 e. The highest BCUT2D eigenvalue weighted by atomic mass is 16.2. The highest BCUT2D eigenvalue weighted by Crippen LogP contribution is 2.47. The minimum atomic E-state index is 0.0392. The first kappa shape index (κ1) is 15.2. The summed E-state index contributed by atoms with van der Waals surface area (Å²) in [6.45, 7) is 2.06. The molecule has 1 heterocycles. The number of benzene rings is 1. The van der Waals surface area contributed by atoms with Gasteiger partial charge in [-0.25, -0.2) is 0 Å². The van der Waals surface area contributed by atoms with Gasteiger partial charge in [-0.3, -0.25) is 14.8 Å². The molecule has 2 saturated carbocycles. The predicted molar refractivity (Wildman–Crippen MR) is 95.5 cm³/mol. The summed E-state index contributed by atoms with van der Waals surface area (Å²) in [4.78, 5) is 14.9. The summed E-state index contributed by atoms with van der Waals surface area (Å²) in [7, 11) is 0. The lowest BCUT2D eigenvalue weighted by atomic mass is 9.94. The van der Waals surface area contributed by atoms with Crippen LogP contribution in [-0.4, -0.2) is 22.1 Å². The first-order valence-corrected chi connectivity index (χ1v) is 8.78. The molecule has 124 valence electrons. The van der Waals surface area contributed by atoms with E-state index in [9.17, 15) is 4.79 Å². The summed E-state index contributed by atoms with van der Waals surface area (Å²) in [5, 5.41) is 7.03. The largest absolute Gasteiger partial charge is 0.290 e. The average Bonchev–Trinajstić information content (AvgIpc) is 3.33. The highest BCUT2D eigenvalue weighted by molar-refractivity contribution is 6.03. The Balaban J connectivity index is 1.57. The Bertz CT molecular complexity index is 733. The second-order valence-corrected chi connectivity index (χ2v) is 7.14. The third-order valence-corrected chi connectivity index (χ3v) is 5.51. The van der Waals surface area contributed by atoms with E-state index in [1.165, 1.54) is 24.8 Å². The second kappa shape index (κ2) is 6.27. The van der Waals surface area contributed by atoms with E-state index in [2.05, 4.69) is 29.3 Å². The smallest absolute Gasteiger partial charge is 0.252 e. The molecule has 24 heavy (non-hydrogen) atoms. The number of hydrogen-bond donors (Lipinski definition) is 1. The van der Waals surface area contributed by atoms with Crippen LogP contribution in [0, 0.1) is 18.8 Å². The van der Waals surface area contributed by atoms with Crippen molar-refractivity contribution in [1.82, 2.24) is 10.2 Å². The summed E-state index contributed by atoms with van der Waals surface area (Å²) in [6.07, 6.45) is 10.3. The zero-order chi connectivity index (χ0) is 16.5. The highest BCUT2D eigenvalue weighted by Gasteiger charge is 2.44. The molecular weight excluding hydrogens is 298 g/mol. The van der Waals surface area contributed by atoms with Gasteiger partial charge in [-0.1, -0.05) is 36.2 Å². The molecule has 1 aromatic heterocycles. The lowest BCUT2D eigenvalue weighted by Gasteiger charge is -2.32. The molecule has 2 bridgehead atoms. The third kappa shape index (κ3) is 2.88. The molecule has 4 nitrogen and oxygen atoms in total. The fourth-order valence-electron chi connectivity index (χ4n) is 4.30. The van der Waals surface area contributed by atoms with Gasteiger partial charge < -0.3 is 0 Å². The van der Waals surface area contributed by atoms with E-state index in [4.69, 9.17) is 0 Å². The number of aromatic amines is 1. The number of carbonyl (C=O) groups is 1. The van der Waals surface area contributed by atoms with Gasteiger partial charge in [0, 0.05) is 18.2 Å². The number of carbonyl (C=O) groups excluding carboxylic acids is 1.